The van der Waals surface area contributed by atoms with Gasteiger partial charge in [0.05, 0.1) is 29.8 Å². The Bertz CT molecular complexity index is 1500. The van der Waals surface area contributed by atoms with Crippen LogP contribution < -0.4 is 20.3 Å². The van der Waals surface area contributed by atoms with Crippen molar-refractivity contribution >= 4 is 34.4 Å². The van der Waals surface area contributed by atoms with Gasteiger partial charge < -0.3 is 15.4 Å². The molecule has 0 saturated carbocycles. The van der Waals surface area contributed by atoms with Crippen LogP contribution in [0.3, 0.4) is 0 Å². The van der Waals surface area contributed by atoms with Gasteiger partial charge in [0.2, 0.25) is 0 Å². The largest absolute Gasteiger partial charge is 0.497 e. The van der Waals surface area contributed by atoms with Crippen LogP contribution >= 0.6 is 0 Å². The number of fused-ring (bicyclic) bond motifs is 2. The fraction of sp³-hybridized carbons (Fsp3) is 0.0667. The first-order valence-corrected chi connectivity index (χ1v) is 11.7. The maximum Gasteiger partial charge on any atom is 0.301 e. The summed E-state index contributed by atoms with van der Waals surface area (Å²) >= 11 is 0. The molecule has 176 valence electrons. The second-order valence-corrected chi connectivity index (χ2v) is 8.66. The zero-order valence-electron chi connectivity index (χ0n) is 19.6. The Kier molecular flexibility index (Phi) is 5.08. The predicted octanol–water partition coefficient (Wildman–Crippen LogP) is 5.41. The molecule has 0 radical (unpaired) electrons. The smallest absolute Gasteiger partial charge is 0.301 e. The number of carbonyl (C=O) groups is 2. The zero-order chi connectivity index (χ0) is 24.7. The minimum Gasteiger partial charge on any atom is -0.497 e. The molecule has 2 N–H and O–H groups in total. The van der Waals surface area contributed by atoms with E-state index in [-0.39, 0.29) is 0 Å². The molecule has 4 aromatic carbocycles. The van der Waals surface area contributed by atoms with Gasteiger partial charge in [-0.1, -0.05) is 72.8 Å². The molecule has 2 aliphatic rings. The van der Waals surface area contributed by atoms with Crippen molar-refractivity contribution in [3.8, 4) is 5.75 Å². The number of benzene rings is 4. The van der Waals surface area contributed by atoms with Crippen molar-refractivity contribution in [3.05, 3.63) is 126 Å². The van der Waals surface area contributed by atoms with Gasteiger partial charge in [0.15, 0.2) is 5.66 Å². The molecule has 1 amide bonds. The number of nitrogens with zero attached hydrogens (tertiary/aromatic N) is 1. The summed E-state index contributed by atoms with van der Waals surface area (Å²) in [5.74, 6) is -0.519. The lowest BCUT2D eigenvalue weighted by Gasteiger charge is -2.40. The maximum absolute atomic E-state index is 14.0. The molecule has 4 aromatic rings. The highest BCUT2D eigenvalue weighted by Gasteiger charge is 2.59. The molecule has 0 aliphatic carbocycles. The van der Waals surface area contributed by atoms with Gasteiger partial charge >= 0.3 is 5.91 Å². The molecule has 1 unspecified atom stereocenters. The van der Waals surface area contributed by atoms with Gasteiger partial charge in [0.25, 0.3) is 5.78 Å². The third-order valence-electron chi connectivity index (χ3n) is 6.66. The van der Waals surface area contributed by atoms with E-state index in [1.807, 2.05) is 84.9 Å². The fourth-order valence-corrected chi connectivity index (χ4v) is 5.03. The molecule has 6 heteroatoms. The molecule has 6 nitrogen and oxygen atoms in total. The second kappa shape index (κ2) is 8.43. The maximum atomic E-state index is 14.0. The number of nitrogens with one attached hydrogen (secondary N) is 2. The topological polar surface area (TPSA) is 70.7 Å². The van der Waals surface area contributed by atoms with Crippen LogP contribution in [0.1, 0.15) is 11.1 Å². The lowest BCUT2D eigenvalue weighted by atomic mass is 9.87. The van der Waals surface area contributed by atoms with Crippen molar-refractivity contribution in [2.24, 2.45) is 0 Å². The van der Waals surface area contributed by atoms with Crippen LogP contribution in [0.4, 0.5) is 17.1 Å². The molecule has 6 rings (SSSR count). The monoisotopic (exact) mass is 473 g/mol. The predicted molar refractivity (Wildman–Crippen MR) is 141 cm³/mol. The Morgan fingerprint density at radius 1 is 0.722 bits per heavy atom. The molecular formula is C30H23N3O3. The summed E-state index contributed by atoms with van der Waals surface area (Å²) < 4.78 is 5.33. The number of ether oxygens (including phenoxy) is 1. The first-order valence-electron chi connectivity index (χ1n) is 11.7. The van der Waals surface area contributed by atoms with E-state index >= 15 is 0 Å². The van der Waals surface area contributed by atoms with Crippen LogP contribution in [0, 0.1) is 0 Å². The minimum atomic E-state index is -1.30. The zero-order valence-corrected chi connectivity index (χ0v) is 19.6. The minimum absolute atomic E-state index is 0.344. The fourth-order valence-electron chi connectivity index (χ4n) is 5.03. The summed E-state index contributed by atoms with van der Waals surface area (Å²) in [7, 11) is 1.59. The third-order valence-corrected chi connectivity index (χ3v) is 6.66. The van der Waals surface area contributed by atoms with Gasteiger partial charge in [-0.05, 0) is 42.0 Å². The van der Waals surface area contributed by atoms with E-state index in [0.717, 1.165) is 22.5 Å². The number of hydrogen-bond donors (Lipinski definition) is 2. The quantitative estimate of drug-likeness (QED) is 0.388. The van der Waals surface area contributed by atoms with Crippen LogP contribution in [0.2, 0.25) is 0 Å². The number of ketones is 1. The van der Waals surface area contributed by atoms with Crippen molar-refractivity contribution < 1.29 is 14.3 Å². The van der Waals surface area contributed by atoms with Crippen molar-refractivity contribution in [1.29, 1.82) is 0 Å². The molecule has 36 heavy (non-hydrogen) atoms. The van der Waals surface area contributed by atoms with E-state index in [4.69, 9.17) is 4.74 Å². The normalized spacial score (nSPS) is 18.6. The van der Waals surface area contributed by atoms with Crippen molar-refractivity contribution in [2.45, 2.75) is 5.66 Å². The summed E-state index contributed by atoms with van der Waals surface area (Å²) in [5.41, 5.74) is 3.37. The van der Waals surface area contributed by atoms with E-state index in [1.54, 1.807) is 36.3 Å². The van der Waals surface area contributed by atoms with Crippen molar-refractivity contribution in [1.82, 2.24) is 0 Å². The molecule has 0 aromatic heterocycles. The second-order valence-electron chi connectivity index (χ2n) is 8.66. The summed E-state index contributed by atoms with van der Waals surface area (Å²) in [6.07, 6.45) is 0. The average molecular weight is 474 g/mol. The molecule has 2 aliphatic heterocycles. The van der Waals surface area contributed by atoms with E-state index in [0.29, 0.717) is 22.7 Å². The van der Waals surface area contributed by atoms with Crippen LogP contribution in [0.25, 0.3) is 5.70 Å². The third kappa shape index (κ3) is 3.19. The molecule has 2 heterocycles. The van der Waals surface area contributed by atoms with Crippen molar-refractivity contribution in [2.75, 3.05) is 22.6 Å². The Morgan fingerprint density at radius 2 is 1.33 bits per heavy atom. The summed E-state index contributed by atoms with van der Waals surface area (Å²) in [4.78, 5) is 29.4. The molecule has 0 spiro atoms. The number of carbonyl (C=O) groups excluding carboxylic acids is 2. The highest BCUT2D eigenvalue weighted by Crippen LogP contribution is 2.51. The Balaban J connectivity index is 1.72. The molecule has 1 saturated heterocycles. The Labute approximate surface area is 208 Å². The highest BCUT2D eigenvalue weighted by molar-refractivity contribution is 6.53. The van der Waals surface area contributed by atoms with Crippen LogP contribution in [0.5, 0.6) is 5.75 Å². The van der Waals surface area contributed by atoms with Gasteiger partial charge in [-0.25, -0.2) is 0 Å². The first-order chi connectivity index (χ1) is 17.6. The SMILES string of the molecule is COc1ccc(N2C(=O)C(=O)C3=C(c4ccccc4)Nc4ccccc4NC32c2ccccc2)cc1. The summed E-state index contributed by atoms with van der Waals surface area (Å²) in [6.45, 7) is 0. The highest BCUT2D eigenvalue weighted by atomic mass is 16.5. The summed E-state index contributed by atoms with van der Waals surface area (Å²) in [5, 5.41) is 7.10. The van der Waals surface area contributed by atoms with Crippen molar-refractivity contribution in [3.63, 3.8) is 0 Å². The van der Waals surface area contributed by atoms with E-state index in [2.05, 4.69) is 10.6 Å². The number of amides is 1. The molecule has 1 fully saturated rings. The van der Waals surface area contributed by atoms with Crippen LogP contribution in [-0.2, 0) is 15.3 Å². The Morgan fingerprint density at radius 3 is 2.00 bits per heavy atom. The van der Waals surface area contributed by atoms with E-state index in [1.165, 1.54) is 0 Å². The lowest BCUT2D eigenvalue weighted by Crippen LogP contribution is -2.50. The number of hydrogen-bond acceptors (Lipinski definition) is 5. The number of methoxy groups -OCH3 is 1. The molecule has 1 atom stereocenters. The number of para-hydroxylation sites is 2. The van der Waals surface area contributed by atoms with Gasteiger partial charge in [0, 0.05) is 11.3 Å². The van der Waals surface area contributed by atoms with E-state index < -0.39 is 17.4 Å². The average Bonchev–Trinajstić information content (AvgIpc) is 3.06. The molecular weight excluding hydrogens is 450 g/mol. The van der Waals surface area contributed by atoms with E-state index in [9.17, 15) is 9.59 Å². The first kappa shape index (κ1) is 21.7. The number of rotatable bonds is 4. The number of Topliss-reactive ketones (excluding diaryl/α,β-unsaturated/α-hetero) is 1. The van der Waals surface area contributed by atoms with Gasteiger partial charge in [-0.2, -0.15) is 0 Å². The number of anilines is 3. The van der Waals surface area contributed by atoms with Gasteiger partial charge in [-0.3, -0.25) is 14.5 Å². The van der Waals surface area contributed by atoms with Gasteiger partial charge in [0.1, 0.15) is 5.75 Å². The molecule has 0 bridgehead atoms. The van der Waals surface area contributed by atoms with Crippen LogP contribution in [-0.4, -0.2) is 18.8 Å². The summed E-state index contributed by atoms with van der Waals surface area (Å²) in [6, 6.07) is 34.2. The Hall–Kier alpha value is -4.84. The van der Waals surface area contributed by atoms with Crippen LogP contribution in [0.15, 0.2) is 115 Å². The lowest BCUT2D eigenvalue weighted by molar-refractivity contribution is -0.132. The standard InChI is InChI=1S/C30H23N3O3/c1-36-23-18-16-22(17-19-23)33-29(35)28(34)26-27(20-10-4-2-5-11-20)31-24-14-8-9-15-25(24)32-30(26,33)21-12-6-3-7-13-21/h2-19,31-32H,1H3. The van der Waals surface area contributed by atoms with Gasteiger partial charge in [-0.15, -0.1) is 0 Å².